The summed E-state index contributed by atoms with van der Waals surface area (Å²) >= 11 is 0. The summed E-state index contributed by atoms with van der Waals surface area (Å²) in [5.74, 6) is 0.540. The second-order valence-corrected chi connectivity index (χ2v) is 3.32. The number of hydrogen-bond acceptors (Lipinski definition) is 3. The summed E-state index contributed by atoms with van der Waals surface area (Å²) in [5, 5.41) is 1.15. The maximum atomic E-state index is 11.5. The van der Waals surface area contributed by atoms with Crippen molar-refractivity contribution in [3.05, 3.63) is 35.9 Å². The van der Waals surface area contributed by atoms with E-state index in [4.69, 9.17) is 9.57 Å². The van der Waals surface area contributed by atoms with Gasteiger partial charge in [0.1, 0.15) is 5.75 Å². The Bertz CT molecular complexity index is 401. The molecule has 1 aromatic carbocycles. The van der Waals surface area contributed by atoms with Crippen LogP contribution < -0.4 is 4.74 Å². The van der Waals surface area contributed by atoms with Gasteiger partial charge < -0.3 is 4.74 Å². The fourth-order valence-electron chi connectivity index (χ4n) is 1.26. The van der Waals surface area contributed by atoms with Crippen LogP contribution >= 0.6 is 0 Å². The van der Waals surface area contributed by atoms with Gasteiger partial charge in [-0.2, -0.15) is 0 Å². The molecule has 0 heterocycles. The van der Waals surface area contributed by atoms with Gasteiger partial charge in [0.05, 0.1) is 13.7 Å². The molecule has 0 atom stereocenters. The number of likely N-dealkylation sites (N-methyl/N-ethyl adjacent to an activating group) is 1. The number of hydrogen-bond donors (Lipinski definition) is 0. The summed E-state index contributed by atoms with van der Waals surface area (Å²) in [6.07, 6.45) is 3.16. The lowest BCUT2D eigenvalue weighted by molar-refractivity contribution is -0.162. The smallest absolute Gasteiger partial charge is 0.269 e. The molecule has 92 valence electrons. The lowest BCUT2D eigenvalue weighted by Gasteiger charge is -2.10. The van der Waals surface area contributed by atoms with Gasteiger partial charge >= 0.3 is 0 Å². The van der Waals surface area contributed by atoms with E-state index in [0.717, 1.165) is 16.4 Å². The van der Waals surface area contributed by atoms with Crippen LogP contribution in [0.25, 0.3) is 6.08 Å². The number of ether oxygens (including phenoxy) is 1. The first-order chi connectivity index (χ1) is 8.19. The Balaban J connectivity index is 2.80. The van der Waals surface area contributed by atoms with E-state index >= 15 is 0 Å². The fraction of sp³-hybridized carbons (Fsp3) is 0.308. The molecular formula is C13H17NO3. The molecule has 0 aliphatic carbocycles. The summed E-state index contributed by atoms with van der Waals surface area (Å²) in [4.78, 5) is 16.3. The van der Waals surface area contributed by atoms with Crippen molar-refractivity contribution in [2.75, 3.05) is 20.8 Å². The van der Waals surface area contributed by atoms with E-state index in [0.29, 0.717) is 6.61 Å². The van der Waals surface area contributed by atoms with E-state index < -0.39 is 0 Å². The highest BCUT2D eigenvalue weighted by Crippen LogP contribution is 2.19. The number of amides is 1. The van der Waals surface area contributed by atoms with E-state index in [1.54, 1.807) is 13.1 Å². The molecular weight excluding hydrogens is 218 g/mol. The number of carbonyl (C=O) groups excluding carboxylic acids is 1. The normalized spacial score (nSPS) is 10.5. The van der Waals surface area contributed by atoms with Crippen LogP contribution in [0, 0.1) is 0 Å². The first-order valence-corrected chi connectivity index (χ1v) is 5.40. The predicted molar refractivity (Wildman–Crippen MR) is 66.4 cm³/mol. The minimum absolute atomic E-state index is 0.223. The summed E-state index contributed by atoms with van der Waals surface area (Å²) in [7, 11) is 3.00. The molecule has 0 aliphatic heterocycles. The second kappa shape index (κ2) is 6.70. The van der Waals surface area contributed by atoms with Crippen LogP contribution in [0.1, 0.15) is 12.5 Å². The number of hydroxylamine groups is 2. The maximum absolute atomic E-state index is 11.5. The van der Waals surface area contributed by atoms with Crippen LogP contribution in [0.4, 0.5) is 0 Å². The fourth-order valence-corrected chi connectivity index (χ4v) is 1.26. The zero-order chi connectivity index (χ0) is 12.7. The lowest BCUT2D eigenvalue weighted by Crippen LogP contribution is -2.22. The van der Waals surface area contributed by atoms with Gasteiger partial charge in [0.2, 0.25) is 0 Å². The minimum Gasteiger partial charge on any atom is -0.493 e. The Morgan fingerprint density at radius 2 is 2.12 bits per heavy atom. The van der Waals surface area contributed by atoms with Gasteiger partial charge in [0.25, 0.3) is 5.91 Å². The zero-order valence-electron chi connectivity index (χ0n) is 10.3. The Kier molecular flexibility index (Phi) is 5.23. The number of nitrogens with zero attached hydrogens (tertiary/aromatic N) is 1. The molecule has 4 nitrogen and oxygen atoms in total. The van der Waals surface area contributed by atoms with Gasteiger partial charge in [-0.1, -0.05) is 18.2 Å². The van der Waals surface area contributed by atoms with E-state index in [2.05, 4.69) is 0 Å². The van der Waals surface area contributed by atoms with Crippen molar-refractivity contribution in [3.63, 3.8) is 0 Å². The lowest BCUT2D eigenvalue weighted by atomic mass is 10.2. The van der Waals surface area contributed by atoms with E-state index in [9.17, 15) is 4.79 Å². The molecule has 1 amide bonds. The molecule has 0 bridgehead atoms. The highest BCUT2D eigenvalue weighted by atomic mass is 16.7. The van der Waals surface area contributed by atoms with Crippen LogP contribution in [0.2, 0.25) is 0 Å². The van der Waals surface area contributed by atoms with Crippen LogP contribution in [-0.4, -0.2) is 31.7 Å². The number of para-hydroxylation sites is 1. The third-order valence-corrected chi connectivity index (χ3v) is 2.21. The van der Waals surface area contributed by atoms with Gasteiger partial charge in [0.15, 0.2) is 0 Å². The third-order valence-electron chi connectivity index (χ3n) is 2.21. The molecule has 1 rings (SSSR count). The predicted octanol–water partition coefficient (Wildman–Crippen LogP) is 2.12. The van der Waals surface area contributed by atoms with E-state index in [-0.39, 0.29) is 5.91 Å². The molecule has 0 aliphatic rings. The summed E-state index contributed by atoms with van der Waals surface area (Å²) in [6, 6.07) is 7.55. The average molecular weight is 235 g/mol. The zero-order valence-corrected chi connectivity index (χ0v) is 10.3. The minimum atomic E-state index is -0.223. The van der Waals surface area contributed by atoms with Crippen LogP contribution in [0.5, 0.6) is 5.75 Å². The second-order valence-electron chi connectivity index (χ2n) is 3.32. The van der Waals surface area contributed by atoms with Gasteiger partial charge in [-0.15, -0.1) is 0 Å². The van der Waals surface area contributed by atoms with Crippen molar-refractivity contribution < 1.29 is 14.4 Å². The Morgan fingerprint density at radius 1 is 1.41 bits per heavy atom. The van der Waals surface area contributed by atoms with Crippen molar-refractivity contribution in [1.29, 1.82) is 0 Å². The van der Waals surface area contributed by atoms with Crippen molar-refractivity contribution in [2.45, 2.75) is 6.92 Å². The Hall–Kier alpha value is -1.81. The van der Waals surface area contributed by atoms with Crippen molar-refractivity contribution in [1.82, 2.24) is 5.06 Å². The van der Waals surface area contributed by atoms with Crippen molar-refractivity contribution in [2.24, 2.45) is 0 Å². The molecule has 0 radical (unpaired) electrons. The van der Waals surface area contributed by atoms with E-state index in [1.807, 2.05) is 31.2 Å². The topological polar surface area (TPSA) is 38.8 Å². The molecule has 4 heteroatoms. The molecule has 0 saturated carbocycles. The third kappa shape index (κ3) is 3.92. The molecule has 17 heavy (non-hydrogen) atoms. The summed E-state index contributed by atoms with van der Waals surface area (Å²) in [5.41, 5.74) is 0.868. The molecule has 0 aromatic heterocycles. The van der Waals surface area contributed by atoms with Crippen LogP contribution in [-0.2, 0) is 9.63 Å². The van der Waals surface area contributed by atoms with E-state index in [1.165, 1.54) is 13.2 Å². The quantitative estimate of drug-likeness (QED) is 0.579. The van der Waals surface area contributed by atoms with Crippen molar-refractivity contribution in [3.8, 4) is 5.75 Å². The van der Waals surface area contributed by atoms with Crippen LogP contribution in [0.3, 0.4) is 0 Å². The maximum Gasteiger partial charge on any atom is 0.269 e. The standard InChI is InChI=1S/C13H17NO3/c1-4-17-12-8-6-5-7-11(12)9-10-13(15)14(2)16-3/h5-10H,4H2,1-3H3/b10-9-. The molecule has 0 spiro atoms. The first kappa shape index (κ1) is 13.3. The molecule has 1 aromatic rings. The van der Waals surface area contributed by atoms with Crippen molar-refractivity contribution >= 4 is 12.0 Å². The SMILES string of the molecule is CCOc1ccccc1/C=C\C(=O)N(C)OC. The van der Waals surface area contributed by atoms with Gasteiger partial charge in [0, 0.05) is 18.7 Å². The average Bonchev–Trinajstić information content (AvgIpc) is 2.36. The highest BCUT2D eigenvalue weighted by Gasteiger charge is 2.03. The summed E-state index contributed by atoms with van der Waals surface area (Å²) < 4.78 is 5.45. The first-order valence-electron chi connectivity index (χ1n) is 5.40. The largest absolute Gasteiger partial charge is 0.493 e. The molecule has 0 fully saturated rings. The van der Waals surface area contributed by atoms with Crippen LogP contribution in [0.15, 0.2) is 30.3 Å². The Morgan fingerprint density at radius 3 is 2.76 bits per heavy atom. The molecule has 0 saturated heterocycles. The number of rotatable bonds is 5. The van der Waals surface area contributed by atoms with Gasteiger partial charge in [-0.25, -0.2) is 5.06 Å². The van der Waals surface area contributed by atoms with Gasteiger partial charge in [-0.05, 0) is 19.1 Å². The summed E-state index contributed by atoms with van der Waals surface area (Å²) in [6.45, 7) is 2.52. The number of carbonyl (C=O) groups is 1. The Labute approximate surface area is 101 Å². The highest BCUT2D eigenvalue weighted by molar-refractivity contribution is 5.91. The molecule has 0 N–H and O–H groups in total. The monoisotopic (exact) mass is 235 g/mol. The van der Waals surface area contributed by atoms with Gasteiger partial charge in [-0.3, -0.25) is 9.63 Å². The number of benzene rings is 1. The molecule has 0 unspecified atom stereocenters.